The largest absolute Gasteiger partial charge is 0.311 e. The van der Waals surface area contributed by atoms with Crippen LogP contribution in [0.3, 0.4) is 0 Å². The number of nitriles is 1. The maximum absolute atomic E-state index is 9.27. The van der Waals surface area contributed by atoms with Crippen LogP contribution >= 0.6 is 0 Å². The summed E-state index contributed by atoms with van der Waals surface area (Å²) >= 11 is 0. The molecule has 0 heterocycles. The monoisotopic (exact) mass is 263 g/mol. The van der Waals surface area contributed by atoms with Gasteiger partial charge in [0.1, 0.15) is 0 Å². The zero-order chi connectivity index (χ0) is 13.5. The maximum Gasteiger partial charge on any atom is 0.0672 e. The van der Waals surface area contributed by atoms with Crippen LogP contribution in [0.25, 0.3) is 0 Å². The van der Waals surface area contributed by atoms with Crippen LogP contribution in [0.15, 0.2) is 0 Å². The van der Waals surface area contributed by atoms with Crippen molar-refractivity contribution < 1.29 is 0 Å². The smallest absolute Gasteiger partial charge is 0.0672 e. The molecule has 1 N–H and O–H groups in total. The van der Waals surface area contributed by atoms with E-state index in [1.54, 1.807) is 0 Å². The van der Waals surface area contributed by atoms with Gasteiger partial charge in [-0.05, 0) is 32.7 Å². The van der Waals surface area contributed by atoms with Crippen LogP contribution in [0, 0.1) is 17.2 Å². The Morgan fingerprint density at radius 3 is 2.47 bits per heavy atom. The number of rotatable bonds is 5. The topological polar surface area (TPSA) is 39.1 Å². The molecule has 0 amide bonds. The van der Waals surface area contributed by atoms with Gasteiger partial charge in [0.25, 0.3) is 0 Å². The fourth-order valence-corrected chi connectivity index (χ4v) is 3.66. The Labute approximate surface area is 118 Å². The molecule has 2 aliphatic rings. The molecule has 0 aromatic rings. The summed E-state index contributed by atoms with van der Waals surface area (Å²) in [5.41, 5.74) is 0. The van der Waals surface area contributed by atoms with E-state index >= 15 is 0 Å². The summed E-state index contributed by atoms with van der Waals surface area (Å²) in [5, 5.41) is 12.9. The highest BCUT2D eigenvalue weighted by molar-refractivity contribution is 4.93. The molecule has 0 aromatic carbocycles. The van der Waals surface area contributed by atoms with Crippen molar-refractivity contribution >= 4 is 0 Å². The Balaban J connectivity index is 1.69. The molecule has 3 nitrogen and oxygen atoms in total. The highest BCUT2D eigenvalue weighted by Gasteiger charge is 2.23. The van der Waals surface area contributed by atoms with E-state index in [4.69, 9.17) is 0 Å². The van der Waals surface area contributed by atoms with Gasteiger partial charge in [-0.25, -0.2) is 0 Å². The normalized spacial score (nSPS) is 29.3. The molecule has 19 heavy (non-hydrogen) atoms. The van der Waals surface area contributed by atoms with Crippen molar-refractivity contribution in [2.75, 3.05) is 20.1 Å². The van der Waals surface area contributed by atoms with E-state index in [0.717, 1.165) is 25.6 Å². The minimum absolute atomic E-state index is 0.235. The molecule has 0 bridgehead atoms. The zero-order valence-electron chi connectivity index (χ0n) is 12.4. The first kappa shape index (κ1) is 14.8. The Hall–Kier alpha value is -0.590. The van der Waals surface area contributed by atoms with Gasteiger partial charge >= 0.3 is 0 Å². The van der Waals surface area contributed by atoms with Crippen molar-refractivity contribution in [2.24, 2.45) is 5.92 Å². The van der Waals surface area contributed by atoms with Gasteiger partial charge in [-0.15, -0.1) is 0 Å². The fraction of sp³-hybridized carbons (Fsp3) is 0.938. The summed E-state index contributed by atoms with van der Waals surface area (Å²) in [7, 11) is 2.26. The van der Waals surface area contributed by atoms with Crippen LogP contribution in [0.5, 0.6) is 0 Å². The van der Waals surface area contributed by atoms with E-state index in [1.165, 1.54) is 51.4 Å². The number of likely N-dealkylation sites (N-methyl/N-ethyl adjacent to an activating group) is 1. The van der Waals surface area contributed by atoms with Gasteiger partial charge in [0, 0.05) is 25.2 Å². The molecular weight excluding hydrogens is 234 g/mol. The van der Waals surface area contributed by atoms with Crippen LogP contribution < -0.4 is 5.32 Å². The lowest BCUT2D eigenvalue weighted by Crippen LogP contribution is -2.41. The Kier molecular flexibility index (Phi) is 6.13. The van der Waals surface area contributed by atoms with Crippen molar-refractivity contribution in [1.82, 2.24) is 10.2 Å². The van der Waals surface area contributed by atoms with Gasteiger partial charge in [0.2, 0.25) is 0 Å². The second-order valence-electron chi connectivity index (χ2n) is 6.35. The quantitative estimate of drug-likeness (QED) is 0.775. The molecule has 0 aromatic heterocycles. The van der Waals surface area contributed by atoms with Crippen LogP contribution in [0.1, 0.15) is 57.8 Å². The molecule has 2 fully saturated rings. The fourth-order valence-electron chi connectivity index (χ4n) is 3.66. The summed E-state index contributed by atoms with van der Waals surface area (Å²) < 4.78 is 0. The highest BCUT2D eigenvalue weighted by atomic mass is 15.1. The van der Waals surface area contributed by atoms with Crippen molar-refractivity contribution in [3.05, 3.63) is 0 Å². The molecule has 0 radical (unpaired) electrons. The van der Waals surface area contributed by atoms with Crippen LogP contribution in [0.4, 0.5) is 0 Å². The van der Waals surface area contributed by atoms with Gasteiger partial charge in [-0.1, -0.05) is 32.1 Å². The number of hydrogen-bond acceptors (Lipinski definition) is 3. The molecule has 0 spiro atoms. The van der Waals surface area contributed by atoms with Crippen LogP contribution in [-0.4, -0.2) is 37.1 Å². The van der Waals surface area contributed by atoms with E-state index in [0.29, 0.717) is 6.04 Å². The van der Waals surface area contributed by atoms with Crippen molar-refractivity contribution in [2.45, 2.75) is 69.9 Å². The molecule has 2 rings (SSSR count). The molecule has 0 aliphatic heterocycles. The minimum Gasteiger partial charge on any atom is -0.311 e. The molecule has 0 saturated heterocycles. The van der Waals surface area contributed by atoms with Crippen LogP contribution in [-0.2, 0) is 0 Å². The minimum atomic E-state index is 0.235. The zero-order valence-corrected chi connectivity index (χ0v) is 12.4. The summed E-state index contributed by atoms with van der Waals surface area (Å²) in [6, 6.07) is 3.75. The summed E-state index contributed by atoms with van der Waals surface area (Å²) in [6.07, 6.45) is 11.7. The number of hydrogen-bond donors (Lipinski definition) is 1. The SMILES string of the molecule is CN(CCNC1CCCCCC1C#N)C1CCCC1. The first-order valence-electron chi connectivity index (χ1n) is 8.14. The van der Waals surface area contributed by atoms with E-state index < -0.39 is 0 Å². The van der Waals surface area contributed by atoms with Crippen molar-refractivity contribution in [3.63, 3.8) is 0 Å². The van der Waals surface area contributed by atoms with Crippen molar-refractivity contribution in [3.8, 4) is 6.07 Å². The molecule has 2 saturated carbocycles. The van der Waals surface area contributed by atoms with E-state index in [9.17, 15) is 5.26 Å². The lowest BCUT2D eigenvalue weighted by molar-refractivity contribution is 0.237. The third-order valence-corrected chi connectivity index (χ3v) is 5.00. The molecule has 2 aliphatic carbocycles. The third kappa shape index (κ3) is 4.47. The Bertz CT molecular complexity index is 291. The van der Waals surface area contributed by atoms with Gasteiger partial charge < -0.3 is 10.2 Å². The summed E-state index contributed by atoms with van der Waals surface area (Å²) in [6.45, 7) is 2.16. The molecule has 108 valence electrons. The van der Waals surface area contributed by atoms with E-state index in [2.05, 4.69) is 23.3 Å². The second-order valence-corrected chi connectivity index (χ2v) is 6.35. The van der Waals surface area contributed by atoms with E-state index in [1.807, 2.05) is 0 Å². The Morgan fingerprint density at radius 2 is 1.74 bits per heavy atom. The molecule has 2 atom stereocenters. The standard InChI is InChI=1S/C16H29N3/c1-19(15-8-5-6-9-15)12-11-18-16-10-4-2-3-7-14(16)13-17/h14-16,18H,2-12H2,1H3. The van der Waals surface area contributed by atoms with Gasteiger partial charge in [0.05, 0.1) is 12.0 Å². The Morgan fingerprint density at radius 1 is 1.05 bits per heavy atom. The first-order chi connectivity index (χ1) is 9.31. The van der Waals surface area contributed by atoms with Gasteiger partial charge in [-0.2, -0.15) is 5.26 Å². The lowest BCUT2D eigenvalue weighted by atomic mass is 9.96. The highest BCUT2D eigenvalue weighted by Crippen LogP contribution is 2.23. The maximum atomic E-state index is 9.27. The number of nitrogens with one attached hydrogen (secondary N) is 1. The lowest BCUT2D eigenvalue weighted by Gasteiger charge is -2.26. The summed E-state index contributed by atoms with van der Waals surface area (Å²) in [5.74, 6) is 0.235. The predicted molar refractivity (Wildman–Crippen MR) is 78.9 cm³/mol. The van der Waals surface area contributed by atoms with Crippen LogP contribution in [0.2, 0.25) is 0 Å². The molecule has 2 unspecified atom stereocenters. The summed E-state index contributed by atoms with van der Waals surface area (Å²) in [4.78, 5) is 2.51. The predicted octanol–water partition coefficient (Wildman–Crippen LogP) is 2.92. The van der Waals surface area contributed by atoms with Gasteiger partial charge in [0.15, 0.2) is 0 Å². The van der Waals surface area contributed by atoms with E-state index in [-0.39, 0.29) is 5.92 Å². The third-order valence-electron chi connectivity index (χ3n) is 5.00. The molecule has 3 heteroatoms. The first-order valence-corrected chi connectivity index (χ1v) is 8.14. The van der Waals surface area contributed by atoms with Crippen molar-refractivity contribution in [1.29, 1.82) is 5.26 Å². The molecular formula is C16H29N3. The average molecular weight is 263 g/mol. The number of nitrogens with zero attached hydrogens (tertiary/aromatic N) is 2. The second kappa shape index (κ2) is 7.87. The van der Waals surface area contributed by atoms with Gasteiger partial charge in [-0.3, -0.25) is 0 Å². The average Bonchev–Trinajstić information content (AvgIpc) is 2.86.